The quantitative estimate of drug-likeness (QED) is 0.699. The molecule has 1 aromatic carbocycles. The van der Waals surface area contributed by atoms with Crippen molar-refractivity contribution in [1.82, 2.24) is 24.4 Å². The zero-order valence-electron chi connectivity index (χ0n) is 17.3. The van der Waals surface area contributed by atoms with Crippen LogP contribution in [0.5, 0.6) is 0 Å². The molecule has 4 rings (SSSR count). The molecule has 2 aromatic heterocycles. The predicted octanol–water partition coefficient (Wildman–Crippen LogP) is 3.42. The van der Waals surface area contributed by atoms with Gasteiger partial charge in [0, 0.05) is 42.3 Å². The first-order valence-corrected chi connectivity index (χ1v) is 10.5. The number of aromatic nitrogens is 4. The van der Waals surface area contributed by atoms with Crippen LogP contribution in [0.15, 0.2) is 47.8 Å². The standard InChI is InChI=1S/C23H29N5O/c1-3-21-17(2)25-22(26-23(21)29)20-6-4-5-19(13-20)15-27-10-7-18(8-11-27)14-28-12-9-24-16-28/h4-6,9,12-13,16,18H,3,7-8,10-11,14-15H2,1-2H3,(H,25,26,29). The third-order valence-electron chi connectivity index (χ3n) is 5.92. The number of imidazole rings is 1. The average molecular weight is 392 g/mol. The van der Waals surface area contributed by atoms with E-state index in [1.807, 2.05) is 38.6 Å². The summed E-state index contributed by atoms with van der Waals surface area (Å²) in [7, 11) is 0. The van der Waals surface area contributed by atoms with Crippen molar-refractivity contribution >= 4 is 0 Å². The maximum absolute atomic E-state index is 12.3. The lowest BCUT2D eigenvalue weighted by atomic mass is 9.96. The number of H-pyrrole nitrogens is 1. The van der Waals surface area contributed by atoms with E-state index in [9.17, 15) is 4.79 Å². The smallest absolute Gasteiger partial charge is 0.254 e. The summed E-state index contributed by atoms with van der Waals surface area (Å²) in [5.41, 5.74) is 3.79. The van der Waals surface area contributed by atoms with Crippen molar-refractivity contribution < 1.29 is 0 Å². The molecular formula is C23H29N5O. The van der Waals surface area contributed by atoms with Gasteiger partial charge in [-0.25, -0.2) is 9.97 Å². The Balaban J connectivity index is 1.40. The summed E-state index contributed by atoms with van der Waals surface area (Å²) in [6, 6.07) is 8.39. The van der Waals surface area contributed by atoms with Gasteiger partial charge in [-0.15, -0.1) is 0 Å². The number of rotatable bonds is 6. The molecule has 0 bridgehead atoms. The molecule has 0 spiro atoms. The van der Waals surface area contributed by atoms with E-state index in [1.165, 1.54) is 18.4 Å². The first-order valence-electron chi connectivity index (χ1n) is 10.5. The number of hydrogen-bond donors (Lipinski definition) is 1. The maximum atomic E-state index is 12.3. The third-order valence-corrected chi connectivity index (χ3v) is 5.92. The molecular weight excluding hydrogens is 362 g/mol. The lowest BCUT2D eigenvalue weighted by Gasteiger charge is -2.32. The minimum absolute atomic E-state index is 0.0274. The van der Waals surface area contributed by atoms with Crippen LogP contribution in [0.4, 0.5) is 0 Å². The van der Waals surface area contributed by atoms with E-state index < -0.39 is 0 Å². The summed E-state index contributed by atoms with van der Waals surface area (Å²) < 4.78 is 2.18. The Kier molecular flexibility index (Phi) is 5.90. The van der Waals surface area contributed by atoms with E-state index in [1.54, 1.807) is 0 Å². The molecule has 1 N–H and O–H groups in total. The normalized spacial score (nSPS) is 15.7. The summed E-state index contributed by atoms with van der Waals surface area (Å²) in [5.74, 6) is 1.38. The summed E-state index contributed by atoms with van der Waals surface area (Å²) in [5, 5.41) is 0. The second kappa shape index (κ2) is 8.74. The van der Waals surface area contributed by atoms with Gasteiger partial charge >= 0.3 is 0 Å². The second-order valence-electron chi connectivity index (χ2n) is 8.01. The van der Waals surface area contributed by atoms with Crippen molar-refractivity contribution in [2.24, 2.45) is 5.92 Å². The number of piperidine rings is 1. The van der Waals surface area contributed by atoms with Crippen LogP contribution in [0.3, 0.4) is 0 Å². The lowest BCUT2D eigenvalue weighted by Crippen LogP contribution is -2.34. The highest BCUT2D eigenvalue weighted by Crippen LogP contribution is 2.22. The highest BCUT2D eigenvalue weighted by Gasteiger charge is 2.19. The molecule has 0 atom stereocenters. The van der Waals surface area contributed by atoms with Crippen LogP contribution < -0.4 is 5.56 Å². The van der Waals surface area contributed by atoms with Gasteiger partial charge in [-0.3, -0.25) is 9.69 Å². The van der Waals surface area contributed by atoms with Crippen molar-refractivity contribution in [1.29, 1.82) is 0 Å². The zero-order chi connectivity index (χ0) is 20.2. The van der Waals surface area contributed by atoms with E-state index in [4.69, 9.17) is 0 Å². The minimum Gasteiger partial charge on any atom is -0.337 e. The van der Waals surface area contributed by atoms with Gasteiger partial charge in [-0.2, -0.15) is 0 Å². The SMILES string of the molecule is CCc1c(C)nc(-c2cccc(CN3CCC(Cn4ccnc4)CC3)c2)[nH]c1=O. The van der Waals surface area contributed by atoms with Gasteiger partial charge in [0.25, 0.3) is 5.56 Å². The predicted molar refractivity (Wildman–Crippen MR) is 115 cm³/mol. The highest BCUT2D eigenvalue weighted by atomic mass is 16.1. The van der Waals surface area contributed by atoms with Crippen LogP contribution in [0.2, 0.25) is 0 Å². The molecule has 6 heteroatoms. The first kappa shape index (κ1) is 19.6. The van der Waals surface area contributed by atoms with Crippen molar-refractivity contribution in [3.05, 3.63) is 70.2 Å². The Labute approximate surface area is 171 Å². The molecule has 152 valence electrons. The fourth-order valence-electron chi connectivity index (χ4n) is 4.26. The van der Waals surface area contributed by atoms with Gasteiger partial charge in [-0.05, 0) is 56.8 Å². The molecule has 0 unspecified atom stereocenters. The van der Waals surface area contributed by atoms with Crippen LogP contribution in [0.25, 0.3) is 11.4 Å². The molecule has 0 radical (unpaired) electrons. The fourth-order valence-corrected chi connectivity index (χ4v) is 4.26. The van der Waals surface area contributed by atoms with E-state index in [2.05, 4.69) is 42.6 Å². The molecule has 3 heterocycles. The molecule has 0 aliphatic carbocycles. The molecule has 0 saturated carbocycles. The number of nitrogens with zero attached hydrogens (tertiary/aromatic N) is 4. The third kappa shape index (κ3) is 4.65. The Morgan fingerprint density at radius 3 is 2.76 bits per heavy atom. The Hall–Kier alpha value is -2.73. The molecule has 1 saturated heterocycles. The van der Waals surface area contributed by atoms with E-state index >= 15 is 0 Å². The zero-order valence-corrected chi connectivity index (χ0v) is 17.3. The largest absolute Gasteiger partial charge is 0.337 e. The average Bonchev–Trinajstić information content (AvgIpc) is 3.22. The van der Waals surface area contributed by atoms with Gasteiger partial charge in [0.05, 0.1) is 6.33 Å². The van der Waals surface area contributed by atoms with Crippen LogP contribution >= 0.6 is 0 Å². The number of benzene rings is 1. The van der Waals surface area contributed by atoms with Crippen LogP contribution in [-0.2, 0) is 19.5 Å². The van der Waals surface area contributed by atoms with Gasteiger partial charge in [0.15, 0.2) is 0 Å². The van der Waals surface area contributed by atoms with Crippen LogP contribution in [-0.4, -0.2) is 37.5 Å². The summed E-state index contributed by atoms with van der Waals surface area (Å²) in [4.78, 5) is 26.5. The van der Waals surface area contributed by atoms with E-state index in [0.29, 0.717) is 12.2 Å². The topological polar surface area (TPSA) is 66.8 Å². The minimum atomic E-state index is -0.0274. The molecule has 0 amide bonds. The van der Waals surface area contributed by atoms with Gasteiger partial charge in [-0.1, -0.05) is 25.1 Å². The molecule has 6 nitrogen and oxygen atoms in total. The van der Waals surface area contributed by atoms with Crippen molar-refractivity contribution in [3.8, 4) is 11.4 Å². The number of likely N-dealkylation sites (tertiary alicyclic amines) is 1. The van der Waals surface area contributed by atoms with Crippen LogP contribution in [0.1, 0.15) is 36.6 Å². The Bertz CT molecular complexity index is 1000. The number of hydrogen-bond acceptors (Lipinski definition) is 4. The monoisotopic (exact) mass is 391 g/mol. The van der Waals surface area contributed by atoms with Crippen molar-refractivity contribution in [3.63, 3.8) is 0 Å². The van der Waals surface area contributed by atoms with E-state index in [0.717, 1.165) is 48.9 Å². The molecule has 3 aromatic rings. The lowest BCUT2D eigenvalue weighted by molar-refractivity contribution is 0.167. The number of aryl methyl sites for hydroxylation is 1. The van der Waals surface area contributed by atoms with Gasteiger partial charge < -0.3 is 9.55 Å². The number of nitrogens with one attached hydrogen (secondary N) is 1. The summed E-state index contributed by atoms with van der Waals surface area (Å²) in [6.45, 7) is 8.12. The summed E-state index contributed by atoms with van der Waals surface area (Å²) >= 11 is 0. The molecule has 1 fully saturated rings. The molecule has 29 heavy (non-hydrogen) atoms. The summed E-state index contributed by atoms with van der Waals surface area (Å²) in [6.07, 6.45) is 8.93. The first-order chi connectivity index (χ1) is 14.1. The van der Waals surface area contributed by atoms with Crippen molar-refractivity contribution in [2.45, 2.75) is 46.2 Å². The van der Waals surface area contributed by atoms with E-state index in [-0.39, 0.29) is 5.56 Å². The molecule has 1 aliphatic rings. The fraction of sp³-hybridized carbons (Fsp3) is 0.435. The Morgan fingerprint density at radius 2 is 2.07 bits per heavy atom. The molecule has 1 aliphatic heterocycles. The number of aromatic amines is 1. The van der Waals surface area contributed by atoms with Gasteiger partial charge in [0.2, 0.25) is 0 Å². The maximum Gasteiger partial charge on any atom is 0.254 e. The highest BCUT2D eigenvalue weighted by molar-refractivity contribution is 5.56. The van der Waals surface area contributed by atoms with Gasteiger partial charge in [0.1, 0.15) is 5.82 Å². The second-order valence-corrected chi connectivity index (χ2v) is 8.01. The van der Waals surface area contributed by atoms with Crippen LogP contribution in [0, 0.1) is 12.8 Å². The Morgan fingerprint density at radius 1 is 1.24 bits per heavy atom. The van der Waals surface area contributed by atoms with Crippen molar-refractivity contribution in [2.75, 3.05) is 13.1 Å².